The molecule has 0 saturated heterocycles. The zero-order chi connectivity index (χ0) is 17.1. The fourth-order valence-electron chi connectivity index (χ4n) is 2.49. The van der Waals surface area contributed by atoms with Crippen molar-refractivity contribution in [2.24, 2.45) is 0 Å². The summed E-state index contributed by atoms with van der Waals surface area (Å²) in [4.78, 5) is 27.6. The zero-order valence-electron chi connectivity index (χ0n) is 13.4. The van der Waals surface area contributed by atoms with Crippen LogP contribution in [0.5, 0.6) is 0 Å². The number of benzene rings is 1. The van der Waals surface area contributed by atoms with Crippen molar-refractivity contribution in [3.8, 4) is 0 Å². The van der Waals surface area contributed by atoms with Gasteiger partial charge in [0.2, 0.25) is 0 Å². The molecule has 0 aliphatic carbocycles. The molecule has 1 aromatic carbocycles. The molecular weight excluding hydrogens is 312 g/mol. The maximum absolute atomic E-state index is 12.1. The van der Waals surface area contributed by atoms with Crippen LogP contribution in [0.2, 0.25) is 0 Å². The van der Waals surface area contributed by atoms with Gasteiger partial charge in [0.1, 0.15) is 12.7 Å². The highest BCUT2D eigenvalue weighted by Gasteiger charge is 2.11. The average Bonchev–Trinajstić information content (AvgIpc) is 3.12. The Bertz CT molecular complexity index is 896. The van der Waals surface area contributed by atoms with Crippen LogP contribution in [0.15, 0.2) is 40.1 Å². The summed E-state index contributed by atoms with van der Waals surface area (Å²) in [5.41, 5.74) is 1.69. The second-order valence-corrected chi connectivity index (χ2v) is 5.41. The Morgan fingerprint density at radius 2 is 2.25 bits per heavy atom. The Hall–Kier alpha value is -3.10. The molecule has 0 aliphatic heterocycles. The molecule has 0 radical (unpaired) electrons. The fourth-order valence-corrected chi connectivity index (χ4v) is 2.49. The number of aryl methyl sites for hydroxylation is 1. The summed E-state index contributed by atoms with van der Waals surface area (Å²) in [6.45, 7) is 4.77. The number of aromatic nitrogens is 4. The zero-order valence-corrected chi connectivity index (χ0v) is 13.4. The molecule has 126 valence electrons. The number of hydrogen-bond acceptors (Lipinski definition) is 5. The number of urea groups is 1. The van der Waals surface area contributed by atoms with Crippen molar-refractivity contribution in [2.45, 2.75) is 33.0 Å². The first-order valence-corrected chi connectivity index (χ1v) is 7.60. The van der Waals surface area contributed by atoms with Crippen molar-refractivity contribution in [3.63, 3.8) is 0 Å². The van der Waals surface area contributed by atoms with Gasteiger partial charge in [0.05, 0.1) is 12.1 Å². The molecule has 3 aromatic rings. The molecule has 0 bridgehead atoms. The van der Waals surface area contributed by atoms with Gasteiger partial charge in [-0.05, 0) is 26.0 Å². The normalized spacial score (nSPS) is 12.2. The van der Waals surface area contributed by atoms with Crippen molar-refractivity contribution in [3.05, 3.63) is 41.4 Å². The number of amides is 2. The van der Waals surface area contributed by atoms with E-state index >= 15 is 0 Å². The van der Waals surface area contributed by atoms with E-state index in [-0.39, 0.29) is 12.1 Å². The van der Waals surface area contributed by atoms with E-state index in [4.69, 9.17) is 4.42 Å². The van der Waals surface area contributed by atoms with E-state index in [1.54, 1.807) is 29.2 Å². The quantitative estimate of drug-likeness (QED) is 0.735. The van der Waals surface area contributed by atoms with E-state index < -0.39 is 5.76 Å². The first-order chi connectivity index (χ1) is 11.6. The number of anilines is 1. The van der Waals surface area contributed by atoms with Crippen molar-refractivity contribution in [1.82, 2.24) is 24.6 Å². The van der Waals surface area contributed by atoms with Crippen molar-refractivity contribution in [2.75, 3.05) is 5.32 Å². The number of rotatable bonds is 5. The Kier molecular flexibility index (Phi) is 4.32. The minimum absolute atomic E-state index is 0.130. The van der Waals surface area contributed by atoms with Crippen LogP contribution < -0.4 is 16.4 Å². The molecule has 1 atom stereocenters. The van der Waals surface area contributed by atoms with Crippen molar-refractivity contribution >= 4 is 22.8 Å². The monoisotopic (exact) mass is 330 g/mol. The molecule has 0 unspecified atom stereocenters. The van der Waals surface area contributed by atoms with E-state index in [1.807, 2.05) is 13.8 Å². The van der Waals surface area contributed by atoms with Crippen molar-refractivity contribution < 1.29 is 9.21 Å². The van der Waals surface area contributed by atoms with Crippen LogP contribution in [0, 0.1) is 0 Å². The van der Waals surface area contributed by atoms with Gasteiger partial charge in [0.15, 0.2) is 5.58 Å². The molecule has 0 spiro atoms. The summed E-state index contributed by atoms with van der Waals surface area (Å²) in [5.74, 6) is -0.407. The van der Waals surface area contributed by atoms with Gasteiger partial charge in [0, 0.05) is 24.3 Å². The molecule has 0 aliphatic rings. The lowest BCUT2D eigenvalue weighted by Crippen LogP contribution is -2.38. The predicted octanol–water partition coefficient (Wildman–Crippen LogP) is 1.42. The number of carbonyl (C=O) groups excluding carboxylic acids is 1. The topological polar surface area (TPSA) is 107 Å². The number of nitrogens with zero attached hydrogens (tertiary/aromatic N) is 4. The highest BCUT2D eigenvalue weighted by molar-refractivity contribution is 5.91. The third-order valence-corrected chi connectivity index (χ3v) is 3.55. The third kappa shape index (κ3) is 3.29. The average molecular weight is 330 g/mol. The van der Waals surface area contributed by atoms with E-state index in [2.05, 4.69) is 20.7 Å². The van der Waals surface area contributed by atoms with Crippen LogP contribution >= 0.6 is 0 Å². The van der Waals surface area contributed by atoms with Crippen LogP contribution in [0.3, 0.4) is 0 Å². The first kappa shape index (κ1) is 15.8. The molecule has 0 saturated carbocycles. The maximum atomic E-state index is 12.1. The summed E-state index contributed by atoms with van der Waals surface area (Å²) >= 11 is 0. The van der Waals surface area contributed by atoms with Gasteiger partial charge < -0.3 is 15.1 Å². The van der Waals surface area contributed by atoms with Gasteiger partial charge in [-0.2, -0.15) is 5.10 Å². The maximum Gasteiger partial charge on any atom is 0.419 e. The molecule has 2 amide bonds. The van der Waals surface area contributed by atoms with Gasteiger partial charge in [-0.15, -0.1) is 0 Å². The number of hydrogen-bond donors (Lipinski definition) is 2. The predicted molar refractivity (Wildman–Crippen MR) is 87.8 cm³/mol. The largest absolute Gasteiger partial charge is 0.419 e. The highest BCUT2D eigenvalue weighted by atomic mass is 16.4. The first-order valence-electron chi connectivity index (χ1n) is 7.60. The SMILES string of the molecule is CCn1c(=O)oc2cc(NC(=O)N[C@@H](C)Cn3cncn3)ccc21. The Morgan fingerprint density at radius 1 is 1.42 bits per heavy atom. The second-order valence-electron chi connectivity index (χ2n) is 5.41. The smallest absolute Gasteiger partial charge is 0.408 e. The number of carbonyl (C=O) groups is 1. The molecule has 2 heterocycles. The summed E-state index contributed by atoms with van der Waals surface area (Å²) in [7, 11) is 0. The summed E-state index contributed by atoms with van der Waals surface area (Å²) in [6, 6.07) is 4.63. The standard InChI is InChI=1S/C15H18N6O3/c1-3-21-12-5-4-11(6-13(12)24-15(21)23)19-14(22)18-10(2)7-20-9-16-8-17-20/h4-6,8-10H,3,7H2,1-2H3,(H2,18,19,22)/t10-/m0/s1. The van der Waals surface area contributed by atoms with Gasteiger partial charge in [-0.1, -0.05) is 0 Å². The lowest BCUT2D eigenvalue weighted by atomic mass is 10.3. The molecular formula is C15H18N6O3. The van der Waals surface area contributed by atoms with E-state index in [9.17, 15) is 9.59 Å². The van der Waals surface area contributed by atoms with Gasteiger partial charge >= 0.3 is 11.8 Å². The van der Waals surface area contributed by atoms with E-state index in [0.717, 1.165) is 0 Å². The molecule has 24 heavy (non-hydrogen) atoms. The van der Waals surface area contributed by atoms with Crippen molar-refractivity contribution in [1.29, 1.82) is 0 Å². The summed E-state index contributed by atoms with van der Waals surface area (Å²) in [5, 5.41) is 9.52. The molecule has 3 rings (SSSR count). The van der Waals surface area contributed by atoms with E-state index in [1.165, 1.54) is 10.9 Å². The summed E-state index contributed by atoms with van der Waals surface area (Å²) < 4.78 is 8.35. The Labute approximate surface area is 137 Å². The van der Waals surface area contributed by atoms with Gasteiger partial charge in [0.25, 0.3) is 0 Å². The van der Waals surface area contributed by atoms with Crippen LogP contribution in [0.4, 0.5) is 10.5 Å². The van der Waals surface area contributed by atoms with Crippen LogP contribution in [0.1, 0.15) is 13.8 Å². The molecule has 0 fully saturated rings. The minimum Gasteiger partial charge on any atom is -0.408 e. The molecule has 9 nitrogen and oxygen atoms in total. The number of oxazole rings is 1. The molecule has 2 N–H and O–H groups in total. The van der Waals surface area contributed by atoms with Crippen LogP contribution in [-0.2, 0) is 13.1 Å². The highest BCUT2D eigenvalue weighted by Crippen LogP contribution is 2.18. The second kappa shape index (κ2) is 6.57. The number of fused-ring (bicyclic) bond motifs is 1. The number of nitrogens with one attached hydrogen (secondary N) is 2. The van der Waals surface area contributed by atoms with E-state index in [0.29, 0.717) is 29.9 Å². The Balaban J connectivity index is 1.65. The Morgan fingerprint density at radius 3 is 2.96 bits per heavy atom. The lowest BCUT2D eigenvalue weighted by Gasteiger charge is -2.14. The minimum atomic E-state index is -0.407. The molecule has 9 heteroatoms. The fraction of sp³-hybridized carbons (Fsp3) is 0.333. The molecule has 2 aromatic heterocycles. The van der Waals surface area contributed by atoms with Gasteiger partial charge in [-0.25, -0.2) is 14.6 Å². The summed E-state index contributed by atoms with van der Waals surface area (Å²) in [6.07, 6.45) is 3.03. The van der Waals surface area contributed by atoms with Crippen LogP contribution in [0.25, 0.3) is 11.1 Å². The van der Waals surface area contributed by atoms with Gasteiger partial charge in [-0.3, -0.25) is 9.25 Å². The van der Waals surface area contributed by atoms with Crippen LogP contribution in [-0.4, -0.2) is 31.4 Å². The third-order valence-electron chi connectivity index (χ3n) is 3.55. The lowest BCUT2D eigenvalue weighted by molar-refractivity contribution is 0.247.